The number of sulfonamides is 1. The van der Waals surface area contributed by atoms with Gasteiger partial charge in [0.2, 0.25) is 5.09 Å². The van der Waals surface area contributed by atoms with E-state index in [0.29, 0.717) is 16.5 Å². The molecule has 0 saturated carbocycles. The zero-order valence-corrected chi connectivity index (χ0v) is 11.1. The van der Waals surface area contributed by atoms with Crippen LogP contribution in [0.1, 0.15) is 5.76 Å². The fraction of sp³-hybridized carbons (Fsp3) is 0.0909. The second-order valence-corrected chi connectivity index (χ2v) is 5.64. The number of halogens is 2. The molecular formula is C11H10ClFN2O3S. The number of anilines is 1. The van der Waals surface area contributed by atoms with Crippen LogP contribution in [0.3, 0.4) is 0 Å². The predicted molar refractivity (Wildman–Crippen MR) is 68.8 cm³/mol. The molecule has 0 saturated heterocycles. The zero-order chi connectivity index (χ0) is 14.0. The first-order chi connectivity index (χ1) is 8.86. The molecule has 0 unspecified atom stereocenters. The Morgan fingerprint density at radius 3 is 2.68 bits per heavy atom. The largest absolute Gasteiger partial charge is 0.446 e. The first kappa shape index (κ1) is 13.9. The summed E-state index contributed by atoms with van der Waals surface area (Å²) in [6.45, 7) is 0.151. The van der Waals surface area contributed by atoms with Crippen LogP contribution in [0.2, 0.25) is 5.02 Å². The Balaban J connectivity index is 2.11. The maximum atomic E-state index is 13.0. The highest BCUT2D eigenvalue weighted by atomic mass is 35.5. The SMILES string of the molecule is NS(=O)(=O)c1ccc(CNc2cc(F)ccc2Cl)o1. The molecule has 0 radical (unpaired) electrons. The van der Waals surface area contributed by atoms with E-state index >= 15 is 0 Å². The Hall–Kier alpha value is -1.57. The highest BCUT2D eigenvalue weighted by molar-refractivity contribution is 7.89. The van der Waals surface area contributed by atoms with Gasteiger partial charge in [0, 0.05) is 0 Å². The van der Waals surface area contributed by atoms with Crippen molar-refractivity contribution in [3.8, 4) is 0 Å². The summed E-state index contributed by atoms with van der Waals surface area (Å²) in [5.74, 6) is -0.0964. The summed E-state index contributed by atoms with van der Waals surface area (Å²) in [6, 6.07) is 6.59. The average Bonchev–Trinajstić information content (AvgIpc) is 2.79. The lowest BCUT2D eigenvalue weighted by Gasteiger charge is -2.06. The molecule has 0 fully saturated rings. The van der Waals surface area contributed by atoms with Crippen LogP contribution in [0, 0.1) is 5.82 Å². The maximum absolute atomic E-state index is 13.0. The van der Waals surface area contributed by atoms with Gasteiger partial charge in [-0.1, -0.05) is 11.6 Å². The summed E-state index contributed by atoms with van der Waals surface area (Å²) < 4.78 is 40.1. The van der Waals surface area contributed by atoms with Crippen LogP contribution in [-0.2, 0) is 16.6 Å². The lowest BCUT2D eigenvalue weighted by atomic mass is 10.3. The van der Waals surface area contributed by atoms with Crippen LogP contribution in [0.15, 0.2) is 39.8 Å². The van der Waals surface area contributed by atoms with Crippen molar-refractivity contribution in [2.45, 2.75) is 11.6 Å². The number of hydrogen-bond acceptors (Lipinski definition) is 4. The third-order valence-electron chi connectivity index (χ3n) is 2.30. The van der Waals surface area contributed by atoms with Gasteiger partial charge in [0.25, 0.3) is 10.0 Å². The Kier molecular flexibility index (Phi) is 3.79. The average molecular weight is 305 g/mol. The third-order valence-corrected chi connectivity index (χ3v) is 3.41. The van der Waals surface area contributed by atoms with Crippen LogP contribution in [0.4, 0.5) is 10.1 Å². The lowest BCUT2D eigenvalue weighted by Crippen LogP contribution is -2.10. The normalized spacial score (nSPS) is 11.5. The van der Waals surface area contributed by atoms with Gasteiger partial charge in [0.15, 0.2) is 0 Å². The molecular weight excluding hydrogens is 295 g/mol. The molecule has 0 aliphatic rings. The standard InChI is InChI=1S/C11H10ClFN2O3S/c12-9-3-1-7(13)5-10(9)15-6-8-2-4-11(18-8)19(14,16)17/h1-5,15H,6H2,(H2,14,16,17). The molecule has 0 spiro atoms. The Labute approximate surface area is 114 Å². The number of nitrogens with two attached hydrogens (primary N) is 1. The second-order valence-electron chi connectivity index (χ2n) is 3.74. The van der Waals surface area contributed by atoms with Gasteiger partial charge in [-0.25, -0.2) is 17.9 Å². The Bertz CT molecular complexity index is 700. The maximum Gasteiger partial charge on any atom is 0.271 e. The molecule has 0 amide bonds. The van der Waals surface area contributed by atoms with Gasteiger partial charge in [-0.05, 0) is 30.3 Å². The van der Waals surface area contributed by atoms with E-state index in [2.05, 4.69) is 5.32 Å². The first-order valence-corrected chi connectivity index (χ1v) is 7.09. The molecule has 8 heteroatoms. The van der Waals surface area contributed by atoms with Gasteiger partial charge >= 0.3 is 0 Å². The minimum Gasteiger partial charge on any atom is -0.446 e. The van der Waals surface area contributed by atoms with Gasteiger partial charge in [0.1, 0.15) is 11.6 Å². The Morgan fingerprint density at radius 1 is 1.32 bits per heavy atom. The molecule has 0 bridgehead atoms. The van der Waals surface area contributed by atoms with Crippen molar-refractivity contribution in [1.82, 2.24) is 0 Å². The van der Waals surface area contributed by atoms with Crippen LogP contribution < -0.4 is 10.5 Å². The molecule has 2 aromatic rings. The van der Waals surface area contributed by atoms with Crippen molar-refractivity contribution in [2.75, 3.05) is 5.32 Å². The third kappa shape index (κ3) is 3.46. The van der Waals surface area contributed by atoms with Crippen molar-refractivity contribution < 1.29 is 17.2 Å². The summed E-state index contributed by atoms with van der Waals surface area (Å²) >= 11 is 5.86. The second kappa shape index (κ2) is 5.20. The van der Waals surface area contributed by atoms with E-state index in [4.69, 9.17) is 21.2 Å². The molecule has 102 valence electrons. The van der Waals surface area contributed by atoms with Crippen molar-refractivity contribution >= 4 is 27.3 Å². The molecule has 3 N–H and O–H groups in total. The molecule has 19 heavy (non-hydrogen) atoms. The topological polar surface area (TPSA) is 85.3 Å². The number of hydrogen-bond donors (Lipinski definition) is 2. The van der Waals surface area contributed by atoms with Crippen LogP contribution in [0.5, 0.6) is 0 Å². The fourth-order valence-electron chi connectivity index (χ4n) is 1.42. The highest BCUT2D eigenvalue weighted by Gasteiger charge is 2.13. The Morgan fingerprint density at radius 2 is 2.05 bits per heavy atom. The van der Waals surface area contributed by atoms with Crippen LogP contribution in [0.25, 0.3) is 0 Å². The molecule has 1 aromatic heterocycles. The zero-order valence-electron chi connectivity index (χ0n) is 9.56. The molecule has 0 aliphatic heterocycles. The van der Waals surface area contributed by atoms with Gasteiger partial charge in [-0.15, -0.1) is 0 Å². The van der Waals surface area contributed by atoms with E-state index in [1.807, 2.05) is 0 Å². The molecule has 2 rings (SSSR count). The van der Waals surface area contributed by atoms with Crippen molar-refractivity contribution in [3.63, 3.8) is 0 Å². The van der Waals surface area contributed by atoms with E-state index < -0.39 is 15.8 Å². The number of benzene rings is 1. The molecule has 0 aliphatic carbocycles. The van der Waals surface area contributed by atoms with Gasteiger partial charge in [-0.2, -0.15) is 0 Å². The minimum atomic E-state index is -3.86. The first-order valence-electron chi connectivity index (χ1n) is 5.17. The van der Waals surface area contributed by atoms with Crippen molar-refractivity contribution in [3.05, 3.63) is 46.9 Å². The molecule has 1 aromatic carbocycles. The summed E-state index contributed by atoms with van der Waals surface area (Å²) in [6.07, 6.45) is 0. The smallest absolute Gasteiger partial charge is 0.271 e. The number of furan rings is 1. The summed E-state index contributed by atoms with van der Waals surface area (Å²) in [5, 5.41) is 7.76. The van der Waals surface area contributed by atoms with Crippen LogP contribution >= 0.6 is 11.6 Å². The monoisotopic (exact) mass is 304 g/mol. The van der Waals surface area contributed by atoms with Crippen molar-refractivity contribution in [1.29, 1.82) is 0 Å². The summed E-state index contributed by atoms with van der Waals surface area (Å²) in [5.41, 5.74) is 0.384. The number of primary sulfonamides is 1. The van der Waals surface area contributed by atoms with E-state index in [-0.39, 0.29) is 11.6 Å². The van der Waals surface area contributed by atoms with Gasteiger partial charge < -0.3 is 9.73 Å². The summed E-state index contributed by atoms with van der Waals surface area (Å²) in [4.78, 5) is 0. The van der Waals surface area contributed by atoms with E-state index in [0.717, 1.165) is 0 Å². The fourth-order valence-corrected chi connectivity index (χ4v) is 2.09. The summed E-state index contributed by atoms with van der Waals surface area (Å²) in [7, 11) is -3.86. The van der Waals surface area contributed by atoms with E-state index in [1.165, 1.54) is 30.3 Å². The number of rotatable bonds is 4. The van der Waals surface area contributed by atoms with E-state index in [1.54, 1.807) is 0 Å². The molecule has 0 atom stereocenters. The van der Waals surface area contributed by atoms with Crippen LogP contribution in [-0.4, -0.2) is 8.42 Å². The van der Waals surface area contributed by atoms with Gasteiger partial charge in [0.05, 0.1) is 17.3 Å². The quantitative estimate of drug-likeness (QED) is 0.908. The lowest BCUT2D eigenvalue weighted by molar-refractivity contribution is 0.419. The molecule has 5 nitrogen and oxygen atoms in total. The molecule has 1 heterocycles. The highest BCUT2D eigenvalue weighted by Crippen LogP contribution is 2.23. The van der Waals surface area contributed by atoms with Gasteiger partial charge in [-0.3, -0.25) is 0 Å². The van der Waals surface area contributed by atoms with Crippen molar-refractivity contribution in [2.24, 2.45) is 5.14 Å². The predicted octanol–water partition coefficient (Wildman–Crippen LogP) is 2.33. The minimum absolute atomic E-state index is 0.151. The number of nitrogens with one attached hydrogen (secondary N) is 1. The van der Waals surface area contributed by atoms with E-state index in [9.17, 15) is 12.8 Å².